The van der Waals surface area contributed by atoms with Crippen LogP contribution in [0.15, 0.2) is 47.4 Å². The number of hydrogen-bond acceptors (Lipinski definition) is 3. The maximum atomic E-state index is 11.9. The second kappa shape index (κ2) is 6.36. The average molecular weight is 268 g/mol. The lowest BCUT2D eigenvalue weighted by Gasteiger charge is -2.04. The van der Waals surface area contributed by atoms with Gasteiger partial charge in [0, 0.05) is 17.4 Å². The second-order valence-electron chi connectivity index (χ2n) is 3.90. The summed E-state index contributed by atoms with van der Waals surface area (Å²) in [6, 6.07) is 9.83. The number of aromatic amines is 1. The number of aliphatic hydroxyl groups is 1. The summed E-state index contributed by atoms with van der Waals surface area (Å²) in [4.78, 5) is 25.8. The standard InChI is InChI=1S/C15H12N2O3/c18-10-2-3-11-5-7-12(8-6-11)17-15(20)13-4-1-9-16-14(13)19/h1,4-9,18H,10H2,(H,16,19)(H,17,20). The smallest absolute Gasteiger partial charge is 0.261 e. The van der Waals surface area contributed by atoms with Crippen LogP contribution in [0.1, 0.15) is 15.9 Å². The zero-order valence-electron chi connectivity index (χ0n) is 10.5. The molecule has 1 aromatic heterocycles. The first kappa shape index (κ1) is 13.6. The van der Waals surface area contributed by atoms with Gasteiger partial charge in [-0.1, -0.05) is 11.8 Å². The fourth-order valence-corrected chi connectivity index (χ4v) is 1.58. The molecule has 3 N–H and O–H groups in total. The molecule has 20 heavy (non-hydrogen) atoms. The van der Waals surface area contributed by atoms with Gasteiger partial charge in [-0.05, 0) is 36.4 Å². The average Bonchev–Trinajstić information content (AvgIpc) is 2.47. The van der Waals surface area contributed by atoms with Gasteiger partial charge in [0.05, 0.1) is 0 Å². The minimum absolute atomic E-state index is 0.0525. The number of nitrogens with one attached hydrogen (secondary N) is 2. The Hall–Kier alpha value is -2.84. The first-order valence-electron chi connectivity index (χ1n) is 5.89. The van der Waals surface area contributed by atoms with Crippen molar-refractivity contribution in [3.63, 3.8) is 0 Å². The Balaban J connectivity index is 2.13. The molecule has 0 bridgehead atoms. The van der Waals surface area contributed by atoms with E-state index in [2.05, 4.69) is 22.1 Å². The van der Waals surface area contributed by atoms with E-state index in [0.29, 0.717) is 5.69 Å². The third-order valence-corrected chi connectivity index (χ3v) is 2.52. The molecule has 1 heterocycles. The quantitative estimate of drug-likeness (QED) is 0.710. The summed E-state index contributed by atoms with van der Waals surface area (Å²) in [5.74, 6) is 4.81. The molecular weight excluding hydrogens is 256 g/mol. The number of pyridine rings is 1. The second-order valence-corrected chi connectivity index (χ2v) is 3.90. The lowest BCUT2D eigenvalue weighted by atomic mass is 10.2. The lowest BCUT2D eigenvalue weighted by Crippen LogP contribution is -2.22. The Labute approximate surface area is 115 Å². The van der Waals surface area contributed by atoms with E-state index in [1.165, 1.54) is 12.3 Å². The van der Waals surface area contributed by atoms with Crippen LogP contribution in [0.2, 0.25) is 0 Å². The van der Waals surface area contributed by atoms with Gasteiger partial charge < -0.3 is 15.4 Å². The molecule has 2 rings (SSSR count). The van der Waals surface area contributed by atoms with Crippen molar-refractivity contribution in [1.82, 2.24) is 4.98 Å². The fraction of sp³-hybridized carbons (Fsp3) is 0.0667. The first-order valence-corrected chi connectivity index (χ1v) is 5.89. The molecule has 0 saturated heterocycles. The van der Waals surface area contributed by atoms with Crippen LogP contribution in [-0.4, -0.2) is 22.6 Å². The van der Waals surface area contributed by atoms with Crippen molar-refractivity contribution in [2.75, 3.05) is 11.9 Å². The molecule has 0 aliphatic heterocycles. The molecule has 5 heteroatoms. The minimum Gasteiger partial charge on any atom is -0.384 e. The minimum atomic E-state index is -0.471. The van der Waals surface area contributed by atoms with Crippen molar-refractivity contribution in [2.24, 2.45) is 0 Å². The maximum Gasteiger partial charge on any atom is 0.261 e. The van der Waals surface area contributed by atoms with E-state index in [0.717, 1.165) is 5.56 Å². The molecule has 0 atom stereocenters. The Morgan fingerprint density at radius 3 is 2.65 bits per heavy atom. The molecule has 0 unspecified atom stereocenters. The van der Waals surface area contributed by atoms with Gasteiger partial charge in [-0.15, -0.1) is 0 Å². The topological polar surface area (TPSA) is 82.2 Å². The Bertz CT molecular complexity index is 721. The van der Waals surface area contributed by atoms with E-state index in [9.17, 15) is 9.59 Å². The van der Waals surface area contributed by atoms with Crippen LogP contribution in [-0.2, 0) is 0 Å². The number of benzene rings is 1. The maximum absolute atomic E-state index is 11.9. The summed E-state index contributed by atoms with van der Waals surface area (Å²) in [5, 5.41) is 11.2. The van der Waals surface area contributed by atoms with E-state index in [4.69, 9.17) is 5.11 Å². The molecule has 0 saturated carbocycles. The normalized spacial score (nSPS) is 9.45. The molecule has 5 nitrogen and oxygen atoms in total. The third kappa shape index (κ3) is 3.34. The van der Waals surface area contributed by atoms with Crippen LogP contribution >= 0.6 is 0 Å². The number of aromatic nitrogens is 1. The molecular formula is C15H12N2O3. The van der Waals surface area contributed by atoms with Crippen LogP contribution in [0.3, 0.4) is 0 Å². The van der Waals surface area contributed by atoms with Gasteiger partial charge in [-0.3, -0.25) is 9.59 Å². The predicted octanol–water partition coefficient (Wildman–Crippen LogP) is 0.971. The van der Waals surface area contributed by atoms with E-state index in [1.54, 1.807) is 30.3 Å². The number of H-pyrrole nitrogens is 1. The van der Waals surface area contributed by atoms with Crippen LogP contribution in [0, 0.1) is 11.8 Å². The van der Waals surface area contributed by atoms with Crippen molar-refractivity contribution >= 4 is 11.6 Å². The third-order valence-electron chi connectivity index (χ3n) is 2.52. The highest BCUT2D eigenvalue weighted by Crippen LogP contribution is 2.09. The van der Waals surface area contributed by atoms with Crippen molar-refractivity contribution in [1.29, 1.82) is 0 Å². The molecule has 100 valence electrons. The summed E-state index contributed by atoms with van der Waals surface area (Å²) in [5.41, 5.74) is 0.912. The number of amides is 1. The number of carbonyl (C=O) groups is 1. The van der Waals surface area contributed by atoms with Gasteiger partial charge in [0.1, 0.15) is 12.2 Å². The summed E-state index contributed by atoms with van der Waals surface area (Å²) in [6.45, 7) is -0.199. The summed E-state index contributed by atoms with van der Waals surface area (Å²) in [7, 11) is 0. The zero-order chi connectivity index (χ0) is 14.4. The van der Waals surface area contributed by atoms with Gasteiger partial charge in [0.15, 0.2) is 0 Å². The van der Waals surface area contributed by atoms with Gasteiger partial charge in [0.2, 0.25) is 0 Å². The highest BCUT2D eigenvalue weighted by Gasteiger charge is 2.09. The van der Waals surface area contributed by atoms with E-state index < -0.39 is 11.5 Å². The highest BCUT2D eigenvalue weighted by molar-refractivity contribution is 6.03. The molecule has 2 aromatic rings. The van der Waals surface area contributed by atoms with Gasteiger partial charge in [0.25, 0.3) is 11.5 Å². The summed E-state index contributed by atoms with van der Waals surface area (Å²) in [6.07, 6.45) is 1.47. The summed E-state index contributed by atoms with van der Waals surface area (Å²) < 4.78 is 0. The molecule has 0 fully saturated rings. The fourth-order valence-electron chi connectivity index (χ4n) is 1.58. The van der Waals surface area contributed by atoms with Crippen LogP contribution in [0.25, 0.3) is 0 Å². The predicted molar refractivity (Wildman–Crippen MR) is 75.4 cm³/mol. The van der Waals surface area contributed by atoms with Crippen molar-refractivity contribution in [2.45, 2.75) is 0 Å². The number of anilines is 1. The van der Waals surface area contributed by atoms with E-state index >= 15 is 0 Å². The first-order chi connectivity index (χ1) is 9.70. The molecule has 1 amide bonds. The molecule has 0 spiro atoms. The van der Waals surface area contributed by atoms with Crippen LogP contribution < -0.4 is 10.9 Å². The molecule has 1 aromatic carbocycles. The lowest BCUT2D eigenvalue weighted by molar-refractivity contribution is 0.102. The zero-order valence-corrected chi connectivity index (χ0v) is 10.5. The van der Waals surface area contributed by atoms with Crippen molar-refractivity contribution in [3.8, 4) is 11.8 Å². The van der Waals surface area contributed by atoms with E-state index in [1.807, 2.05) is 0 Å². The molecule has 0 aliphatic rings. The monoisotopic (exact) mass is 268 g/mol. The SMILES string of the molecule is O=C(Nc1ccc(C#CCO)cc1)c1ccc[nH]c1=O. The van der Waals surface area contributed by atoms with E-state index in [-0.39, 0.29) is 12.2 Å². The number of carbonyl (C=O) groups excluding carboxylic acids is 1. The Morgan fingerprint density at radius 1 is 1.25 bits per heavy atom. The highest BCUT2D eigenvalue weighted by atomic mass is 16.2. The van der Waals surface area contributed by atoms with Crippen molar-refractivity contribution in [3.05, 3.63) is 64.1 Å². The number of aliphatic hydroxyl groups excluding tert-OH is 1. The Morgan fingerprint density at radius 2 is 2.00 bits per heavy atom. The van der Waals surface area contributed by atoms with Gasteiger partial charge in [-0.2, -0.15) is 0 Å². The largest absolute Gasteiger partial charge is 0.384 e. The Kier molecular flexibility index (Phi) is 4.32. The number of hydrogen-bond donors (Lipinski definition) is 3. The van der Waals surface area contributed by atoms with Crippen LogP contribution in [0.5, 0.6) is 0 Å². The van der Waals surface area contributed by atoms with Gasteiger partial charge in [-0.25, -0.2) is 0 Å². The van der Waals surface area contributed by atoms with Crippen molar-refractivity contribution < 1.29 is 9.90 Å². The number of rotatable bonds is 2. The van der Waals surface area contributed by atoms with Gasteiger partial charge >= 0.3 is 0 Å². The summed E-state index contributed by atoms with van der Waals surface area (Å²) >= 11 is 0. The molecule has 0 aliphatic carbocycles. The molecule has 0 radical (unpaired) electrons. The van der Waals surface area contributed by atoms with Crippen LogP contribution in [0.4, 0.5) is 5.69 Å².